The molecule has 0 aliphatic carbocycles. The Kier molecular flexibility index (Phi) is 5.22. The number of nitrogens with zero attached hydrogens (tertiary/aromatic N) is 1. The van der Waals surface area contributed by atoms with Crippen molar-refractivity contribution in [1.29, 1.82) is 0 Å². The van der Waals surface area contributed by atoms with Crippen molar-refractivity contribution in [2.75, 3.05) is 27.2 Å². The zero-order valence-electron chi connectivity index (χ0n) is 13.6. The van der Waals surface area contributed by atoms with E-state index in [9.17, 15) is 4.39 Å². The van der Waals surface area contributed by atoms with Crippen LogP contribution in [0.1, 0.15) is 44.7 Å². The minimum Gasteiger partial charge on any atom is -0.496 e. The molecule has 1 N–H and O–H groups in total. The molecule has 0 amide bonds. The maximum Gasteiger partial charge on any atom is 0.131 e. The summed E-state index contributed by atoms with van der Waals surface area (Å²) in [5, 5.41) is 3.24. The van der Waals surface area contributed by atoms with E-state index < -0.39 is 0 Å². The minimum absolute atomic E-state index is 0.0300. The van der Waals surface area contributed by atoms with Gasteiger partial charge in [-0.05, 0) is 58.8 Å². The van der Waals surface area contributed by atoms with E-state index in [0.29, 0.717) is 11.3 Å². The van der Waals surface area contributed by atoms with E-state index in [2.05, 4.69) is 24.1 Å². The quantitative estimate of drug-likeness (QED) is 0.870. The van der Waals surface area contributed by atoms with Crippen molar-refractivity contribution in [1.82, 2.24) is 10.2 Å². The zero-order valence-corrected chi connectivity index (χ0v) is 13.6. The third-order valence-corrected chi connectivity index (χ3v) is 4.69. The fourth-order valence-corrected chi connectivity index (χ4v) is 3.33. The van der Waals surface area contributed by atoms with Gasteiger partial charge in [-0.15, -0.1) is 0 Å². The molecule has 4 heteroatoms. The number of hydrogen-bond donors (Lipinski definition) is 1. The van der Waals surface area contributed by atoms with Crippen molar-refractivity contribution in [3.8, 4) is 5.75 Å². The Morgan fingerprint density at radius 2 is 2.19 bits per heavy atom. The molecule has 1 heterocycles. The van der Waals surface area contributed by atoms with Gasteiger partial charge >= 0.3 is 0 Å². The van der Waals surface area contributed by atoms with Crippen molar-refractivity contribution in [3.05, 3.63) is 29.6 Å². The second kappa shape index (κ2) is 6.75. The zero-order chi connectivity index (χ0) is 15.5. The van der Waals surface area contributed by atoms with E-state index in [0.717, 1.165) is 19.5 Å². The maximum absolute atomic E-state index is 14.2. The first-order valence-corrected chi connectivity index (χ1v) is 7.74. The SMILES string of the molecule is CNC(CCN1CCCC1(C)C)c1c(F)cccc1OC. The van der Waals surface area contributed by atoms with Crippen LogP contribution < -0.4 is 10.1 Å². The second-order valence-electron chi connectivity index (χ2n) is 6.39. The molecule has 3 nitrogen and oxygen atoms in total. The normalized spacial score (nSPS) is 19.7. The molecule has 0 bridgehead atoms. The standard InChI is InChI=1S/C17H27FN2O/c1-17(2)10-6-11-20(17)12-9-14(19-3)16-13(18)7-5-8-15(16)21-4/h5,7-8,14,19H,6,9-12H2,1-4H3. The summed E-state index contributed by atoms with van der Waals surface area (Å²) in [6.07, 6.45) is 3.36. The van der Waals surface area contributed by atoms with Crippen molar-refractivity contribution in [3.63, 3.8) is 0 Å². The van der Waals surface area contributed by atoms with Gasteiger partial charge in [0.15, 0.2) is 0 Å². The van der Waals surface area contributed by atoms with Gasteiger partial charge in [0.2, 0.25) is 0 Å². The smallest absolute Gasteiger partial charge is 0.131 e. The van der Waals surface area contributed by atoms with Crippen molar-refractivity contribution in [2.45, 2.75) is 44.7 Å². The lowest BCUT2D eigenvalue weighted by molar-refractivity contribution is 0.166. The molecule has 118 valence electrons. The molecule has 0 radical (unpaired) electrons. The van der Waals surface area contributed by atoms with Crippen LogP contribution in [0.3, 0.4) is 0 Å². The fraction of sp³-hybridized carbons (Fsp3) is 0.647. The average molecular weight is 294 g/mol. The number of benzene rings is 1. The van der Waals surface area contributed by atoms with Crippen LogP contribution in [0.25, 0.3) is 0 Å². The van der Waals surface area contributed by atoms with E-state index in [4.69, 9.17) is 4.74 Å². The molecule has 0 saturated carbocycles. The van der Waals surface area contributed by atoms with Gasteiger partial charge in [-0.1, -0.05) is 6.07 Å². The Hall–Kier alpha value is -1.13. The van der Waals surface area contributed by atoms with E-state index in [1.807, 2.05) is 13.1 Å². The first kappa shape index (κ1) is 16.2. The monoisotopic (exact) mass is 294 g/mol. The van der Waals surface area contributed by atoms with E-state index in [1.165, 1.54) is 18.9 Å². The predicted octanol–water partition coefficient (Wildman–Crippen LogP) is 3.36. The maximum atomic E-state index is 14.2. The highest BCUT2D eigenvalue weighted by Gasteiger charge is 2.32. The molecular formula is C17H27FN2O. The van der Waals surface area contributed by atoms with Gasteiger partial charge < -0.3 is 10.1 Å². The number of rotatable bonds is 6. The van der Waals surface area contributed by atoms with E-state index >= 15 is 0 Å². The highest BCUT2D eigenvalue weighted by atomic mass is 19.1. The Balaban J connectivity index is 2.10. The van der Waals surface area contributed by atoms with Gasteiger partial charge in [-0.3, -0.25) is 4.90 Å². The average Bonchev–Trinajstić information content (AvgIpc) is 2.79. The van der Waals surface area contributed by atoms with Crippen molar-refractivity contribution < 1.29 is 9.13 Å². The summed E-state index contributed by atoms with van der Waals surface area (Å²) in [7, 11) is 3.47. The summed E-state index contributed by atoms with van der Waals surface area (Å²) in [4.78, 5) is 2.50. The molecule has 1 aliphatic heterocycles. The molecule has 1 atom stereocenters. The number of nitrogens with one attached hydrogen (secondary N) is 1. The summed E-state index contributed by atoms with van der Waals surface area (Å²) >= 11 is 0. The summed E-state index contributed by atoms with van der Waals surface area (Å²) in [5.41, 5.74) is 0.900. The molecule has 21 heavy (non-hydrogen) atoms. The van der Waals surface area contributed by atoms with Crippen LogP contribution in [-0.4, -0.2) is 37.7 Å². The lowest BCUT2D eigenvalue weighted by Crippen LogP contribution is -2.39. The molecule has 2 rings (SSSR count). The lowest BCUT2D eigenvalue weighted by atomic mass is 9.99. The molecular weight excluding hydrogens is 267 g/mol. The fourth-order valence-electron chi connectivity index (χ4n) is 3.33. The summed E-state index contributed by atoms with van der Waals surface area (Å²) < 4.78 is 19.5. The Morgan fingerprint density at radius 3 is 2.76 bits per heavy atom. The Morgan fingerprint density at radius 1 is 1.43 bits per heavy atom. The lowest BCUT2D eigenvalue weighted by Gasteiger charge is -2.33. The Labute approximate surface area is 127 Å². The van der Waals surface area contributed by atoms with Crippen LogP contribution in [0.5, 0.6) is 5.75 Å². The van der Waals surface area contributed by atoms with Crippen LogP contribution in [0.2, 0.25) is 0 Å². The number of ether oxygens (including phenoxy) is 1. The number of methoxy groups -OCH3 is 1. The highest BCUT2D eigenvalue weighted by Crippen LogP contribution is 2.32. The largest absolute Gasteiger partial charge is 0.496 e. The van der Waals surface area contributed by atoms with Crippen LogP contribution in [0.4, 0.5) is 4.39 Å². The summed E-state index contributed by atoms with van der Waals surface area (Å²) in [5.74, 6) is 0.421. The van der Waals surface area contributed by atoms with Crippen LogP contribution >= 0.6 is 0 Å². The minimum atomic E-state index is -0.200. The first-order valence-electron chi connectivity index (χ1n) is 7.74. The molecule has 1 unspecified atom stereocenters. The number of hydrogen-bond acceptors (Lipinski definition) is 3. The highest BCUT2D eigenvalue weighted by molar-refractivity contribution is 5.37. The predicted molar refractivity (Wildman–Crippen MR) is 84.3 cm³/mol. The number of halogens is 1. The summed E-state index contributed by atoms with van der Waals surface area (Å²) in [6, 6.07) is 4.98. The third-order valence-electron chi connectivity index (χ3n) is 4.69. The van der Waals surface area contributed by atoms with Gasteiger partial charge in [-0.25, -0.2) is 4.39 Å². The van der Waals surface area contributed by atoms with Gasteiger partial charge in [-0.2, -0.15) is 0 Å². The number of likely N-dealkylation sites (tertiary alicyclic amines) is 1. The van der Waals surface area contributed by atoms with Gasteiger partial charge in [0, 0.05) is 23.7 Å². The molecule has 1 aromatic carbocycles. The van der Waals surface area contributed by atoms with E-state index in [1.54, 1.807) is 13.2 Å². The third kappa shape index (κ3) is 3.55. The van der Waals surface area contributed by atoms with Crippen LogP contribution in [0, 0.1) is 5.82 Å². The van der Waals surface area contributed by atoms with Gasteiger partial charge in [0.05, 0.1) is 7.11 Å². The van der Waals surface area contributed by atoms with Crippen LogP contribution in [0.15, 0.2) is 18.2 Å². The molecule has 1 saturated heterocycles. The van der Waals surface area contributed by atoms with Crippen molar-refractivity contribution in [2.24, 2.45) is 0 Å². The Bertz CT molecular complexity index is 476. The molecule has 1 fully saturated rings. The molecule has 0 aromatic heterocycles. The first-order chi connectivity index (χ1) is 9.99. The van der Waals surface area contributed by atoms with Gasteiger partial charge in [0.1, 0.15) is 11.6 Å². The van der Waals surface area contributed by atoms with Crippen LogP contribution in [-0.2, 0) is 0 Å². The molecule has 1 aromatic rings. The van der Waals surface area contributed by atoms with Gasteiger partial charge in [0.25, 0.3) is 0 Å². The van der Waals surface area contributed by atoms with E-state index in [-0.39, 0.29) is 17.4 Å². The summed E-state index contributed by atoms with van der Waals surface area (Å²) in [6.45, 7) is 6.68. The molecule has 1 aliphatic rings. The van der Waals surface area contributed by atoms with Crippen molar-refractivity contribution >= 4 is 0 Å². The second-order valence-corrected chi connectivity index (χ2v) is 6.39. The molecule has 0 spiro atoms. The topological polar surface area (TPSA) is 24.5 Å².